The molecule has 1 aromatic heterocycles. The van der Waals surface area contributed by atoms with Gasteiger partial charge in [-0.3, -0.25) is 4.18 Å². The van der Waals surface area contributed by atoms with Crippen molar-refractivity contribution >= 4 is 40.4 Å². The molecule has 3 rings (SSSR count). The molecule has 396 valence electrons. The predicted octanol–water partition coefficient (Wildman–Crippen LogP) is 18.8. The maximum absolute atomic E-state index is 9.22. The fourth-order valence-corrected chi connectivity index (χ4v) is 9.30. The van der Waals surface area contributed by atoms with Gasteiger partial charge < -0.3 is 9.45 Å². The predicted molar refractivity (Wildman–Crippen MR) is 305 cm³/mol. The largest absolute Gasteiger partial charge is 0.726 e. The lowest BCUT2D eigenvalue weighted by Gasteiger charge is -2.25. The van der Waals surface area contributed by atoms with Gasteiger partial charge in [-0.2, -0.15) is 0 Å². The van der Waals surface area contributed by atoms with Crippen LogP contribution in [-0.4, -0.2) is 33.2 Å². The summed E-state index contributed by atoms with van der Waals surface area (Å²) in [5.74, 6) is 0. The van der Waals surface area contributed by atoms with Crippen LogP contribution in [0.5, 0.6) is 0 Å². The number of rotatable bonds is 44. The van der Waals surface area contributed by atoms with Crippen LogP contribution in [0.3, 0.4) is 0 Å². The molecule has 0 aliphatic heterocycles. The minimum absolute atomic E-state index is 0.808. The van der Waals surface area contributed by atoms with E-state index in [1.165, 1.54) is 272 Å². The lowest BCUT2D eigenvalue weighted by Crippen LogP contribution is -2.25. The third-order valence-electron chi connectivity index (χ3n) is 13.9. The quantitative estimate of drug-likeness (QED) is 0.0186. The van der Waals surface area contributed by atoms with Crippen molar-refractivity contribution in [2.45, 2.75) is 245 Å². The number of pyridine rings is 1. The molecular formula is C63H104N2O4S. The van der Waals surface area contributed by atoms with Crippen LogP contribution in [0.4, 0.5) is 5.69 Å². The van der Waals surface area contributed by atoms with Crippen LogP contribution in [0, 0.1) is 0 Å². The van der Waals surface area contributed by atoms with Crippen LogP contribution in [-0.2, 0) is 21.6 Å². The van der Waals surface area contributed by atoms with Gasteiger partial charge >= 0.3 is 0 Å². The van der Waals surface area contributed by atoms with E-state index in [4.69, 9.17) is 0 Å². The number of aryl methyl sites for hydroxylation is 1. The van der Waals surface area contributed by atoms with Gasteiger partial charge in [0.05, 0.1) is 7.11 Å². The zero-order valence-corrected chi connectivity index (χ0v) is 46.4. The Morgan fingerprint density at radius 2 is 0.614 bits per heavy atom. The van der Waals surface area contributed by atoms with Crippen molar-refractivity contribution in [1.29, 1.82) is 0 Å². The lowest BCUT2D eigenvalue weighted by molar-refractivity contribution is -0.671. The normalized spacial score (nSPS) is 11.7. The second-order valence-electron chi connectivity index (χ2n) is 20.3. The molecule has 2 aromatic carbocycles. The summed E-state index contributed by atoms with van der Waals surface area (Å²) in [6, 6.07) is 22.5. The Balaban J connectivity index is 0.00000262. The topological polar surface area (TPSA) is 73.5 Å². The minimum Gasteiger partial charge on any atom is -0.726 e. The Morgan fingerprint density at radius 1 is 0.400 bits per heavy atom. The van der Waals surface area contributed by atoms with Crippen molar-refractivity contribution in [3.63, 3.8) is 0 Å². The molecule has 0 N–H and O–H groups in total. The molecular weight excluding hydrogens is 881 g/mol. The molecule has 0 saturated heterocycles. The molecule has 3 aromatic rings. The molecule has 0 radical (unpaired) electrons. The Morgan fingerprint density at radius 3 is 0.857 bits per heavy atom. The molecule has 0 saturated carbocycles. The highest BCUT2D eigenvalue weighted by molar-refractivity contribution is 7.80. The third-order valence-corrected chi connectivity index (χ3v) is 14.3. The number of nitrogens with zero attached hydrogens (tertiary/aromatic N) is 2. The lowest BCUT2D eigenvalue weighted by atomic mass is 10.0. The van der Waals surface area contributed by atoms with Crippen molar-refractivity contribution in [3.8, 4) is 0 Å². The second kappa shape index (κ2) is 44.4. The van der Waals surface area contributed by atoms with Gasteiger partial charge in [0.1, 0.15) is 7.05 Å². The van der Waals surface area contributed by atoms with Crippen LogP contribution >= 0.6 is 0 Å². The van der Waals surface area contributed by atoms with E-state index >= 15 is 0 Å². The number of aromatic nitrogens is 1. The van der Waals surface area contributed by atoms with Gasteiger partial charge in [0.15, 0.2) is 12.4 Å². The highest BCUT2D eigenvalue weighted by Crippen LogP contribution is 2.22. The van der Waals surface area contributed by atoms with Gasteiger partial charge in [-0.05, 0) is 47.2 Å². The first kappa shape index (κ1) is 62.9. The molecule has 0 unspecified atom stereocenters. The summed E-state index contributed by atoms with van der Waals surface area (Å²) >= 11 is 0. The molecule has 0 fully saturated rings. The SMILES string of the molecule is CCCCCCCCCCCCCCCCCCCCN(CCCCCCCCCCCCCCCCCCCC)c1ccc(C=Cc2ccc(C=Cc3cc[n+](C)cc3)cc2)cc1.COS(=O)(=O)[O-]. The van der Waals surface area contributed by atoms with Gasteiger partial charge in [0.25, 0.3) is 0 Å². The molecule has 1 heterocycles. The Hall–Kier alpha value is -3.26. The molecule has 0 aliphatic carbocycles. The van der Waals surface area contributed by atoms with E-state index in [9.17, 15) is 13.0 Å². The van der Waals surface area contributed by atoms with Crippen LogP contribution in [0.15, 0.2) is 73.1 Å². The first-order valence-electron chi connectivity index (χ1n) is 29.0. The first-order valence-corrected chi connectivity index (χ1v) is 30.4. The zero-order valence-electron chi connectivity index (χ0n) is 45.5. The highest BCUT2D eigenvalue weighted by atomic mass is 32.3. The summed E-state index contributed by atoms with van der Waals surface area (Å²) in [5.41, 5.74) is 6.35. The van der Waals surface area contributed by atoms with Crippen molar-refractivity contribution in [2.75, 3.05) is 25.1 Å². The number of anilines is 1. The van der Waals surface area contributed by atoms with Crippen molar-refractivity contribution < 1.29 is 21.7 Å². The van der Waals surface area contributed by atoms with Crippen molar-refractivity contribution in [2.24, 2.45) is 7.05 Å². The van der Waals surface area contributed by atoms with E-state index in [2.05, 4.69) is 132 Å². The summed E-state index contributed by atoms with van der Waals surface area (Å²) in [5, 5.41) is 0. The zero-order chi connectivity index (χ0) is 50.4. The Labute approximate surface area is 432 Å². The van der Waals surface area contributed by atoms with Crippen molar-refractivity contribution in [1.82, 2.24) is 0 Å². The average molecular weight is 986 g/mol. The van der Waals surface area contributed by atoms with Crippen LogP contribution in [0.1, 0.15) is 267 Å². The smallest absolute Gasteiger partial charge is 0.217 e. The summed E-state index contributed by atoms with van der Waals surface area (Å²) < 4.78 is 33.1. The van der Waals surface area contributed by atoms with E-state index in [-0.39, 0.29) is 0 Å². The fraction of sp³-hybridized carbons (Fsp3) is 0.667. The summed E-state index contributed by atoms with van der Waals surface area (Å²) in [4.78, 5) is 2.70. The van der Waals surface area contributed by atoms with E-state index in [0.29, 0.717) is 0 Å². The Bertz CT molecular complexity index is 1730. The van der Waals surface area contributed by atoms with Gasteiger partial charge in [-0.25, -0.2) is 13.0 Å². The minimum atomic E-state index is -4.41. The monoisotopic (exact) mass is 985 g/mol. The van der Waals surface area contributed by atoms with E-state index in [1.54, 1.807) is 0 Å². The summed E-state index contributed by atoms with van der Waals surface area (Å²) in [6.07, 6.45) is 64.6. The number of unbranched alkanes of at least 4 members (excludes halogenated alkanes) is 34. The van der Waals surface area contributed by atoms with E-state index in [0.717, 1.165) is 7.11 Å². The average Bonchev–Trinajstić information content (AvgIpc) is 3.37. The van der Waals surface area contributed by atoms with Crippen LogP contribution in [0.25, 0.3) is 24.3 Å². The molecule has 0 aliphatic rings. The number of hydrogen-bond donors (Lipinski definition) is 0. The fourth-order valence-electron chi connectivity index (χ4n) is 9.30. The Kier molecular flexibility index (Phi) is 39.9. The van der Waals surface area contributed by atoms with Crippen LogP contribution in [0.2, 0.25) is 0 Å². The second-order valence-corrected chi connectivity index (χ2v) is 21.5. The molecule has 0 bridgehead atoms. The van der Waals surface area contributed by atoms with Crippen molar-refractivity contribution in [3.05, 3.63) is 95.3 Å². The number of benzene rings is 2. The van der Waals surface area contributed by atoms with Crippen LogP contribution < -0.4 is 9.47 Å². The summed E-state index contributed by atoms with van der Waals surface area (Å²) in [6.45, 7) is 7.00. The maximum atomic E-state index is 9.22. The standard InChI is InChI=1S/C62H101N2.CH4O4S/c1-4-6-8-10-12-14-16-18-20-22-24-26-28-30-32-34-36-38-54-64(55-39-37-35-33-31-29-27-25-23-21-19-17-15-13-11-9-7-5-2)62-50-48-60(49-51-62)45-44-58-40-42-59(43-41-58)46-47-61-52-56-63(3)57-53-61;1-5-6(2,3)4/h40-53,56-57H,4-39,54-55H2,1-3H3;1H3,(H,2,3,4)/q+1;/p-1. The van der Waals surface area contributed by atoms with Gasteiger partial charge in [-0.1, -0.05) is 293 Å². The maximum Gasteiger partial charge on any atom is 0.217 e. The molecule has 70 heavy (non-hydrogen) atoms. The number of hydrogen-bond acceptors (Lipinski definition) is 5. The summed E-state index contributed by atoms with van der Waals surface area (Å²) in [7, 11) is -1.55. The first-order chi connectivity index (χ1) is 34.2. The molecule has 6 nitrogen and oxygen atoms in total. The molecule has 0 spiro atoms. The van der Waals surface area contributed by atoms with E-state index < -0.39 is 10.4 Å². The third kappa shape index (κ3) is 37.5. The molecule has 0 amide bonds. The van der Waals surface area contributed by atoms with Gasteiger partial charge in [0.2, 0.25) is 10.4 Å². The highest BCUT2D eigenvalue weighted by Gasteiger charge is 2.07. The van der Waals surface area contributed by atoms with E-state index in [1.807, 2.05) is 0 Å². The molecule has 0 atom stereocenters. The van der Waals surface area contributed by atoms with Gasteiger partial charge in [0, 0.05) is 30.9 Å². The molecule has 7 heteroatoms. The van der Waals surface area contributed by atoms with Gasteiger partial charge in [-0.15, -0.1) is 0 Å².